The second kappa shape index (κ2) is 6.20. The van der Waals surface area contributed by atoms with Crippen molar-refractivity contribution >= 4 is 16.9 Å². The molecule has 3 aromatic rings. The number of aryl methyl sites for hydroxylation is 1. The number of ether oxygens (including phenoxy) is 2. The Morgan fingerprint density at radius 2 is 1.79 bits per heavy atom. The summed E-state index contributed by atoms with van der Waals surface area (Å²) in [5.74, 6) is 0.199. The van der Waals surface area contributed by atoms with Crippen molar-refractivity contribution in [2.24, 2.45) is 0 Å². The van der Waals surface area contributed by atoms with Crippen LogP contribution in [0.15, 0.2) is 42.5 Å². The number of aromatic nitrogens is 1. The smallest absolute Gasteiger partial charge is 0.336 e. The van der Waals surface area contributed by atoms with Crippen molar-refractivity contribution in [2.45, 2.75) is 6.92 Å². The van der Waals surface area contributed by atoms with E-state index in [0.717, 1.165) is 11.1 Å². The van der Waals surface area contributed by atoms with E-state index >= 15 is 0 Å². The molecule has 0 aliphatic rings. The van der Waals surface area contributed by atoms with Gasteiger partial charge in [-0.3, -0.25) is 0 Å². The maximum atomic E-state index is 11.7. The fourth-order valence-electron chi connectivity index (χ4n) is 2.71. The fraction of sp³-hybridized carbons (Fsp3) is 0.158. The predicted molar refractivity (Wildman–Crippen MR) is 92.0 cm³/mol. The molecule has 0 saturated carbocycles. The van der Waals surface area contributed by atoms with Crippen molar-refractivity contribution in [3.8, 4) is 22.8 Å². The Hall–Kier alpha value is -3.08. The molecule has 0 saturated heterocycles. The highest BCUT2D eigenvalue weighted by molar-refractivity contribution is 6.04. The number of aromatic carboxylic acids is 1. The Balaban J connectivity index is 2.27. The third-order valence-corrected chi connectivity index (χ3v) is 3.95. The number of carboxylic acids is 1. The fourth-order valence-corrected chi connectivity index (χ4v) is 2.71. The van der Waals surface area contributed by atoms with Gasteiger partial charge in [0.2, 0.25) is 0 Å². The van der Waals surface area contributed by atoms with E-state index in [0.29, 0.717) is 28.1 Å². The molecule has 1 aromatic heterocycles. The van der Waals surface area contributed by atoms with Gasteiger partial charge in [-0.05, 0) is 36.8 Å². The molecule has 0 unspecified atom stereocenters. The zero-order chi connectivity index (χ0) is 17.3. The van der Waals surface area contributed by atoms with Gasteiger partial charge in [0.05, 0.1) is 31.0 Å². The summed E-state index contributed by atoms with van der Waals surface area (Å²) in [7, 11) is 3.12. The largest absolute Gasteiger partial charge is 0.493 e. The monoisotopic (exact) mass is 323 g/mol. The second-order valence-corrected chi connectivity index (χ2v) is 5.40. The van der Waals surface area contributed by atoms with E-state index in [9.17, 15) is 9.90 Å². The number of methoxy groups -OCH3 is 2. The number of fused-ring (bicyclic) bond motifs is 1. The summed E-state index contributed by atoms with van der Waals surface area (Å²) in [5.41, 5.74) is 3.18. The molecule has 0 aliphatic heterocycles. The van der Waals surface area contributed by atoms with Crippen LogP contribution in [0.5, 0.6) is 11.5 Å². The Labute approximate surface area is 139 Å². The standard InChI is InChI=1S/C19H17NO4/c1-11-5-4-6-13-14(19(21)22)10-15(20-18(11)13)12-7-8-16(23-2)17(9-12)24-3/h4-10H,1-3H3,(H,21,22). The molecule has 24 heavy (non-hydrogen) atoms. The molecule has 1 heterocycles. The lowest BCUT2D eigenvalue weighted by molar-refractivity contribution is 0.0699. The van der Waals surface area contributed by atoms with Crippen LogP contribution < -0.4 is 9.47 Å². The zero-order valence-electron chi connectivity index (χ0n) is 13.7. The molecule has 5 heteroatoms. The molecule has 0 fully saturated rings. The van der Waals surface area contributed by atoms with Gasteiger partial charge in [-0.15, -0.1) is 0 Å². The van der Waals surface area contributed by atoms with Gasteiger partial charge in [0.25, 0.3) is 0 Å². The first-order valence-electron chi connectivity index (χ1n) is 7.41. The molecular weight excluding hydrogens is 306 g/mol. The highest BCUT2D eigenvalue weighted by Crippen LogP contribution is 2.33. The first kappa shape index (κ1) is 15.8. The molecule has 3 rings (SSSR count). The number of carbonyl (C=O) groups is 1. The van der Waals surface area contributed by atoms with Gasteiger partial charge >= 0.3 is 5.97 Å². The van der Waals surface area contributed by atoms with Crippen molar-refractivity contribution in [3.63, 3.8) is 0 Å². The van der Waals surface area contributed by atoms with Crippen LogP contribution in [-0.2, 0) is 0 Å². The summed E-state index contributed by atoms with van der Waals surface area (Å²) in [5, 5.41) is 10.2. The first-order valence-corrected chi connectivity index (χ1v) is 7.41. The van der Waals surface area contributed by atoms with Crippen LogP contribution in [0, 0.1) is 6.92 Å². The van der Waals surface area contributed by atoms with E-state index in [4.69, 9.17) is 9.47 Å². The number of pyridine rings is 1. The number of rotatable bonds is 4. The van der Waals surface area contributed by atoms with E-state index in [1.54, 1.807) is 38.5 Å². The lowest BCUT2D eigenvalue weighted by atomic mass is 10.0. The first-order chi connectivity index (χ1) is 11.5. The van der Waals surface area contributed by atoms with Crippen molar-refractivity contribution in [1.29, 1.82) is 0 Å². The average Bonchev–Trinajstić information content (AvgIpc) is 2.60. The maximum absolute atomic E-state index is 11.7. The van der Waals surface area contributed by atoms with E-state index < -0.39 is 5.97 Å². The highest BCUT2D eigenvalue weighted by atomic mass is 16.5. The molecule has 0 spiro atoms. The SMILES string of the molecule is COc1ccc(-c2cc(C(=O)O)c3cccc(C)c3n2)cc1OC. The molecule has 0 aliphatic carbocycles. The number of para-hydroxylation sites is 1. The minimum atomic E-state index is -0.977. The van der Waals surface area contributed by atoms with Crippen LogP contribution in [-0.4, -0.2) is 30.3 Å². The van der Waals surface area contributed by atoms with Crippen LogP contribution in [0.4, 0.5) is 0 Å². The maximum Gasteiger partial charge on any atom is 0.336 e. The zero-order valence-corrected chi connectivity index (χ0v) is 13.7. The van der Waals surface area contributed by atoms with E-state index in [-0.39, 0.29) is 5.56 Å². The number of benzene rings is 2. The van der Waals surface area contributed by atoms with Crippen LogP contribution in [0.3, 0.4) is 0 Å². The van der Waals surface area contributed by atoms with Crippen LogP contribution in [0.25, 0.3) is 22.2 Å². The van der Waals surface area contributed by atoms with Crippen LogP contribution in [0.1, 0.15) is 15.9 Å². The third kappa shape index (κ3) is 2.65. The Kier molecular flexibility index (Phi) is 4.08. The highest BCUT2D eigenvalue weighted by Gasteiger charge is 2.15. The van der Waals surface area contributed by atoms with Crippen molar-refractivity contribution in [1.82, 2.24) is 4.98 Å². The number of carboxylic acid groups (broad SMARTS) is 1. The molecule has 0 bridgehead atoms. The third-order valence-electron chi connectivity index (χ3n) is 3.95. The summed E-state index contributed by atoms with van der Waals surface area (Å²) >= 11 is 0. The van der Waals surface area contributed by atoms with Gasteiger partial charge in [-0.1, -0.05) is 18.2 Å². The summed E-state index contributed by atoms with van der Waals surface area (Å²) in [4.78, 5) is 16.3. The summed E-state index contributed by atoms with van der Waals surface area (Å²) < 4.78 is 10.6. The summed E-state index contributed by atoms with van der Waals surface area (Å²) in [6.45, 7) is 1.92. The molecule has 5 nitrogen and oxygen atoms in total. The summed E-state index contributed by atoms with van der Waals surface area (Å²) in [6.07, 6.45) is 0. The van der Waals surface area contributed by atoms with Gasteiger partial charge in [0.1, 0.15) is 0 Å². The number of hydrogen-bond donors (Lipinski definition) is 1. The van der Waals surface area contributed by atoms with Gasteiger partial charge in [-0.25, -0.2) is 9.78 Å². The van der Waals surface area contributed by atoms with E-state index in [1.165, 1.54) is 0 Å². The van der Waals surface area contributed by atoms with Gasteiger partial charge < -0.3 is 14.6 Å². The second-order valence-electron chi connectivity index (χ2n) is 5.40. The number of nitrogens with zero attached hydrogens (tertiary/aromatic N) is 1. The van der Waals surface area contributed by atoms with Crippen molar-refractivity contribution < 1.29 is 19.4 Å². The molecule has 1 N–H and O–H groups in total. The Bertz CT molecular complexity index is 934. The normalized spacial score (nSPS) is 10.6. The van der Waals surface area contributed by atoms with E-state index in [1.807, 2.05) is 25.1 Å². The van der Waals surface area contributed by atoms with Gasteiger partial charge in [0.15, 0.2) is 11.5 Å². The predicted octanol–water partition coefficient (Wildman–Crippen LogP) is 3.93. The summed E-state index contributed by atoms with van der Waals surface area (Å²) in [6, 6.07) is 12.5. The Morgan fingerprint density at radius 1 is 1.04 bits per heavy atom. The topological polar surface area (TPSA) is 68.7 Å². The number of hydrogen-bond acceptors (Lipinski definition) is 4. The van der Waals surface area contributed by atoms with Crippen LogP contribution >= 0.6 is 0 Å². The minimum absolute atomic E-state index is 0.230. The minimum Gasteiger partial charge on any atom is -0.493 e. The van der Waals surface area contributed by atoms with Crippen molar-refractivity contribution in [2.75, 3.05) is 14.2 Å². The molecule has 0 atom stereocenters. The lowest BCUT2D eigenvalue weighted by Gasteiger charge is -2.11. The Morgan fingerprint density at radius 3 is 2.46 bits per heavy atom. The van der Waals surface area contributed by atoms with Gasteiger partial charge in [0, 0.05) is 10.9 Å². The molecular formula is C19H17NO4. The van der Waals surface area contributed by atoms with Crippen LogP contribution in [0.2, 0.25) is 0 Å². The van der Waals surface area contributed by atoms with Crippen molar-refractivity contribution in [3.05, 3.63) is 53.6 Å². The van der Waals surface area contributed by atoms with Gasteiger partial charge in [-0.2, -0.15) is 0 Å². The molecule has 0 radical (unpaired) electrons. The average molecular weight is 323 g/mol. The lowest BCUT2D eigenvalue weighted by Crippen LogP contribution is -2.01. The molecule has 0 amide bonds. The quantitative estimate of drug-likeness (QED) is 0.788. The molecule has 122 valence electrons. The van der Waals surface area contributed by atoms with E-state index in [2.05, 4.69) is 4.98 Å². The molecule has 2 aromatic carbocycles.